The number of hydrogen-bond donors (Lipinski definition) is 4. The van der Waals surface area contributed by atoms with E-state index in [0.29, 0.717) is 13.0 Å². The third kappa shape index (κ3) is 7.99. The van der Waals surface area contributed by atoms with Crippen LogP contribution in [0.15, 0.2) is 9.59 Å². The van der Waals surface area contributed by atoms with Crippen molar-refractivity contribution in [1.82, 2.24) is 9.97 Å². The van der Waals surface area contributed by atoms with Crippen LogP contribution >= 0.6 is 0 Å². The van der Waals surface area contributed by atoms with Crippen molar-refractivity contribution < 1.29 is 4.79 Å². The number of aromatic amines is 2. The average Bonchev–Trinajstić information content (AvgIpc) is 2.55. The van der Waals surface area contributed by atoms with E-state index in [1.807, 2.05) is 0 Å². The molecule has 0 aromatic carbocycles. The molecule has 0 spiro atoms. The van der Waals surface area contributed by atoms with Gasteiger partial charge < -0.3 is 10.6 Å². The predicted molar refractivity (Wildman–Crippen MR) is 97.7 cm³/mol. The Bertz CT molecular complexity index is 580. The van der Waals surface area contributed by atoms with E-state index in [1.54, 1.807) is 0 Å². The van der Waals surface area contributed by atoms with Gasteiger partial charge in [0.15, 0.2) is 0 Å². The van der Waals surface area contributed by atoms with Crippen LogP contribution in [0.3, 0.4) is 0 Å². The number of rotatable bonds is 14. The van der Waals surface area contributed by atoms with Gasteiger partial charge in [-0.25, -0.2) is 4.79 Å². The quantitative estimate of drug-likeness (QED) is 0.309. The van der Waals surface area contributed by atoms with Gasteiger partial charge >= 0.3 is 5.69 Å². The highest BCUT2D eigenvalue weighted by Gasteiger charge is 2.07. The molecule has 0 aliphatic carbocycles. The zero-order chi connectivity index (χ0) is 17.6. The third-order valence-corrected chi connectivity index (χ3v) is 3.98. The lowest BCUT2D eigenvalue weighted by Crippen LogP contribution is -2.27. The van der Waals surface area contributed by atoms with Crippen molar-refractivity contribution in [2.24, 2.45) is 0 Å². The summed E-state index contributed by atoms with van der Waals surface area (Å²) in [6.07, 6.45) is 12.9. The van der Waals surface area contributed by atoms with Gasteiger partial charge in [-0.05, 0) is 6.42 Å². The molecule has 0 aliphatic heterocycles. The van der Waals surface area contributed by atoms with Gasteiger partial charge in [0.25, 0.3) is 5.56 Å². The second-order valence-electron chi connectivity index (χ2n) is 6.03. The maximum Gasteiger partial charge on any atom is 0.327 e. The van der Waals surface area contributed by atoms with E-state index < -0.39 is 11.2 Å². The number of anilines is 2. The lowest BCUT2D eigenvalue weighted by molar-refractivity contribution is -0.105. The maximum atomic E-state index is 11.6. The number of carbonyl (C=O) groups is 1. The monoisotopic (exact) mass is 338 g/mol. The van der Waals surface area contributed by atoms with Crippen LogP contribution in [0, 0.1) is 0 Å². The first kappa shape index (κ1) is 20.0. The highest BCUT2D eigenvalue weighted by molar-refractivity contribution is 5.77. The van der Waals surface area contributed by atoms with Crippen LogP contribution in [0.5, 0.6) is 0 Å². The molecule has 7 nitrogen and oxygen atoms in total. The molecule has 1 aromatic rings. The van der Waals surface area contributed by atoms with Crippen molar-refractivity contribution in [2.75, 3.05) is 17.2 Å². The van der Waals surface area contributed by atoms with E-state index >= 15 is 0 Å². The molecule has 24 heavy (non-hydrogen) atoms. The van der Waals surface area contributed by atoms with Crippen molar-refractivity contribution >= 4 is 17.9 Å². The summed E-state index contributed by atoms with van der Waals surface area (Å²) < 4.78 is 0. The van der Waals surface area contributed by atoms with Crippen molar-refractivity contribution in [1.29, 1.82) is 0 Å². The molecule has 7 heteroatoms. The molecule has 4 N–H and O–H groups in total. The summed E-state index contributed by atoms with van der Waals surface area (Å²) in [5.41, 5.74) is -1.17. The summed E-state index contributed by atoms with van der Waals surface area (Å²) in [7, 11) is 0. The number of H-pyrrole nitrogens is 2. The number of nitrogens with one attached hydrogen (secondary N) is 4. The summed E-state index contributed by atoms with van der Waals surface area (Å²) in [6.45, 7) is 2.87. The van der Waals surface area contributed by atoms with Crippen LogP contribution in [0.4, 0.5) is 11.5 Å². The predicted octanol–water partition coefficient (Wildman–Crippen LogP) is 2.96. The van der Waals surface area contributed by atoms with Gasteiger partial charge in [-0.1, -0.05) is 64.7 Å². The molecule has 0 bridgehead atoms. The van der Waals surface area contributed by atoms with E-state index in [1.165, 1.54) is 51.4 Å². The van der Waals surface area contributed by atoms with Crippen molar-refractivity contribution in [3.63, 3.8) is 0 Å². The first-order valence-electron chi connectivity index (χ1n) is 8.99. The Hall–Kier alpha value is -2.05. The Kier molecular flexibility index (Phi) is 10.3. The van der Waals surface area contributed by atoms with Gasteiger partial charge in [0, 0.05) is 6.54 Å². The lowest BCUT2D eigenvalue weighted by Gasteiger charge is -2.09. The fourth-order valence-corrected chi connectivity index (χ4v) is 2.64. The summed E-state index contributed by atoms with van der Waals surface area (Å²) in [5.74, 6) is 0.256. The maximum absolute atomic E-state index is 11.6. The van der Waals surface area contributed by atoms with Crippen molar-refractivity contribution in [3.8, 4) is 0 Å². The molecule has 0 unspecified atom stereocenters. The van der Waals surface area contributed by atoms with Crippen LogP contribution in [0.1, 0.15) is 71.1 Å². The van der Waals surface area contributed by atoms with E-state index in [4.69, 9.17) is 0 Å². The average molecular weight is 338 g/mol. The van der Waals surface area contributed by atoms with Crippen LogP contribution in [-0.2, 0) is 4.79 Å². The van der Waals surface area contributed by atoms with Gasteiger partial charge in [0.1, 0.15) is 11.5 Å². The lowest BCUT2D eigenvalue weighted by atomic mass is 10.1. The summed E-state index contributed by atoms with van der Waals surface area (Å²) in [6, 6.07) is 0. The smallest absolute Gasteiger partial charge is 0.327 e. The zero-order valence-electron chi connectivity index (χ0n) is 14.6. The number of hydrogen-bond acceptors (Lipinski definition) is 4. The van der Waals surface area contributed by atoms with Crippen LogP contribution in [-0.4, -0.2) is 22.9 Å². The molecule has 0 saturated heterocycles. The van der Waals surface area contributed by atoms with Crippen LogP contribution in [0.2, 0.25) is 0 Å². The summed E-state index contributed by atoms with van der Waals surface area (Å²) in [5, 5.41) is 5.31. The molecular formula is C17H30N4O3. The summed E-state index contributed by atoms with van der Waals surface area (Å²) >= 11 is 0. The first-order valence-corrected chi connectivity index (χ1v) is 8.99. The standard InChI is InChI=1S/C17H30N4O3/c1-2-3-4-5-6-7-8-9-10-11-12-18-15-14(19-13-22)16(23)21-17(24)20-15/h13H,2-12H2,1H3,(H,19,22)(H3,18,20,21,23,24). The number of unbranched alkanes of at least 4 members (excludes halogenated alkanes) is 9. The largest absolute Gasteiger partial charge is 0.370 e. The van der Waals surface area contributed by atoms with Gasteiger partial charge in [-0.2, -0.15) is 0 Å². The van der Waals surface area contributed by atoms with E-state index in [2.05, 4.69) is 27.5 Å². The highest BCUT2D eigenvalue weighted by Crippen LogP contribution is 2.12. The van der Waals surface area contributed by atoms with Crippen molar-refractivity contribution in [2.45, 2.75) is 71.1 Å². The molecular weight excluding hydrogens is 308 g/mol. The Labute approximate surface area is 142 Å². The van der Waals surface area contributed by atoms with Gasteiger partial charge in [-0.3, -0.25) is 19.6 Å². The molecule has 1 heterocycles. The zero-order valence-corrected chi connectivity index (χ0v) is 14.6. The number of amides is 1. The molecule has 1 aromatic heterocycles. The minimum absolute atomic E-state index is 0.0386. The minimum Gasteiger partial charge on any atom is -0.370 e. The van der Waals surface area contributed by atoms with E-state index in [-0.39, 0.29) is 11.5 Å². The molecule has 1 rings (SSSR count). The fraction of sp³-hybridized carbons (Fsp3) is 0.706. The Morgan fingerprint density at radius 2 is 1.46 bits per heavy atom. The van der Waals surface area contributed by atoms with Crippen LogP contribution in [0.25, 0.3) is 0 Å². The molecule has 0 aliphatic rings. The van der Waals surface area contributed by atoms with Gasteiger partial charge in [-0.15, -0.1) is 0 Å². The second kappa shape index (κ2) is 12.4. The Morgan fingerprint density at radius 3 is 2.04 bits per heavy atom. The molecule has 1 amide bonds. The van der Waals surface area contributed by atoms with Gasteiger partial charge in [0.2, 0.25) is 6.41 Å². The Morgan fingerprint density at radius 1 is 0.875 bits per heavy atom. The van der Waals surface area contributed by atoms with Crippen molar-refractivity contribution in [3.05, 3.63) is 20.8 Å². The highest BCUT2D eigenvalue weighted by atomic mass is 16.2. The molecule has 0 fully saturated rings. The third-order valence-electron chi connectivity index (χ3n) is 3.98. The van der Waals surface area contributed by atoms with Crippen LogP contribution < -0.4 is 21.9 Å². The molecule has 0 radical (unpaired) electrons. The topological polar surface area (TPSA) is 107 Å². The first-order chi connectivity index (χ1) is 11.7. The molecule has 0 atom stereocenters. The molecule has 136 valence electrons. The second-order valence-corrected chi connectivity index (χ2v) is 6.03. The van der Waals surface area contributed by atoms with E-state index in [9.17, 15) is 14.4 Å². The number of aromatic nitrogens is 2. The SMILES string of the molecule is CCCCCCCCCCCCNc1[nH]c(=O)[nH]c(=O)c1NC=O. The number of carbonyl (C=O) groups excluding carboxylic acids is 1. The van der Waals surface area contributed by atoms with Gasteiger partial charge in [0.05, 0.1) is 0 Å². The Balaban J connectivity index is 2.18. The normalized spacial score (nSPS) is 10.5. The molecule has 0 saturated carbocycles. The summed E-state index contributed by atoms with van der Waals surface area (Å²) in [4.78, 5) is 38.0. The minimum atomic E-state index is -0.614. The van der Waals surface area contributed by atoms with E-state index in [0.717, 1.165) is 12.8 Å². The fourth-order valence-electron chi connectivity index (χ4n) is 2.64.